The monoisotopic (exact) mass is 210 g/mol. The standard InChI is InChI=1S/C12H18O3/c1-3-15-10-6-4-5-8-12(2,9-7-10)11(13)14/h3-4,6,10H,1,5,7-9H2,2H3,(H,13,14)/b6-4+/t10-,12+/m1/s1. The number of hydrogen-bond acceptors (Lipinski definition) is 2. The van der Waals surface area contributed by atoms with Gasteiger partial charge in [0, 0.05) is 0 Å². The summed E-state index contributed by atoms with van der Waals surface area (Å²) in [5.74, 6) is -0.713. The molecule has 1 aliphatic carbocycles. The third-order valence-electron chi connectivity index (χ3n) is 2.98. The molecule has 84 valence electrons. The quantitative estimate of drug-likeness (QED) is 0.575. The van der Waals surface area contributed by atoms with E-state index in [9.17, 15) is 4.79 Å². The molecule has 0 unspecified atom stereocenters. The van der Waals surface area contributed by atoms with E-state index >= 15 is 0 Å². The van der Waals surface area contributed by atoms with Crippen LogP contribution >= 0.6 is 0 Å². The van der Waals surface area contributed by atoms with Crippen molar-refractivity contribution in [3.63, 3.8) is 0 Å². The maximum atomic E-state index is 11.1. The number of carboxylic acids is 1. The highest BCUT2D eigenvalue weighted by Gasteiger charge is 2.33. The molecule has 0 saturated heterocycles. The van der Waals surface area contributed by atoms with Crippen LogP contribution in [0.5, 0.6) is 0 Å². The first kappa shape index (κ1) is 11.8. The normalized spacial score (nSPS) is 33.5. The number of hydrogen-bond donors (Lipinski definition) is 1. The molecule has 0 radical (unpaired) electrons. The second-order valence-corrected chi connectivity index (χ2v) is 4.21. The summed E-state index contributed by atoms with van der Waals surface area (Å²) in [7, 11) is 0. The van der Waals surface area contributed by atoms with Gasteiger partial charge in [-0.25, -0.2) is 0 Å². The number of aliphatic carboxylic acids is 1. The minimum absolute atomic E-state index is 0.0264. The summed E-state index contributed by atoms with van der Waals surface area (Å²) in [4.78, 5) is 11.1. The highest BCUT2D eigenvalue weighted by atomic mass is 16.5. The van der Waals surface area contributed by atoms with Crippen LogP contribution in [0.1, 0.15) is 32.6 Å². The summed E-state index contributed by atoms with van der Waals surface area (Å²) in [6, 6.07) is 0. The lowest BCUT2D eigenvalue weighted by Crippen LogP contribution is -2.29. The van der Waals surface area contributed by atoms with Gasteiger partial charge in [-0.2, -0.15) is 0 Å². The van der Waals surface area contributed by atoms with E-state index in [0.29, 0.717) is 12.8 Å². The van der Waals surface area contributed by atoms with Gasteiger partial charge < -0.3 is 9.84 Å². The van der Waals surface area contributed by atoms with E-state index < -0.39 is 11.4 Å². The Labute approximate surface area is 90.4 Å². The van der Waals surface area contributed by atoms with Crippen LogP contribution in [0.15, 0.2) is 25.0 Å². The molecule has 0 aromatic carbocycles. The van der Waals surface area contributed by atoms with E-state index in [1.165, 1.54) is 6.26 Å². The Balaban J connectivity index is 2.67. The molecule has 3 heteroatoms. The van der Waals surface area contributed by atoms with Gasteiger partial charge in [-0.05, 0) is 38.7 Å². The topological polar surface area (TPSA) is 46.5 Å². The van der Waals surface area contributed by atoms with Gasteiger partial charge in [0.2, 0.25) is 0 Å². The van der Waals surface area contributed by atoms with Crippen molar-refractivity contribution in [1.29, 1.82) is 0 Å². The first-order valence-electron chi connectivity index (χ1n) is 5.25. The number of ether oxygens (including phenoxy) is 1. The van der Waals surface area contributed by atoms with Crippen LogP contribution in [-0.2, 0) is 9.53 Å². The molecular formula is C12H18O3. The van der Waals surface area contributed by atoms with Gasteiger partial charge in [-0.3, -0.25) is 4.79 Å². The summed E-state index contributed by atoms with van der Waals surface area (Å²) in [5, 5.41) is 9.15. The fourth-order valence-corrected chi connectivity index (χ4v) is 1.78. The molecule has 1 rings (SSSR count). The number of carbonyl (C=O) groups is 1. The van der Waals surface area contributed by atoms with E-state index in [4.69, 9.17) is 9.84 Å². The van der Waals surface area contributed by atoms with E-state index in [2.05, 4.69) is 6.58 Å². The van der Waals surface area contributed by atoms with Gasteiger partial charge in [0.05, 0.1) is 11.7 Å². The molecule has 0 saturated carbocycles. The highest BCUT2D eigenvalue weighted by molar-refractivity contribution is 5.74. The van der Waals surface area contributed by atoms with Crippen LogP contribution in [0.2, 0.25) is 0 Å². The maximum Gasteiger partial charge on any atom is 0.309 e. The maximum absolute atomic E-state index is 11.1. The van der Waals surface area contributed by atoms with Gasteiger partial charge in [-0.15, -0.1) is 0 Å². The van der Waals surface area contributed by atoms with Gasteiger partial charge in [-0.1, -0.05) is 12.7 Å². The Morgan fingerprint density at radius 1 is 1.67 bits per heavy atom. The van der Waals surface area contributed by atoms with Crippen molar-refractivity contribution in [2.24, 2.45) is 5.41 Å². The molecule has 0 fully saturated rings. The predicted molar refractivity (Wildman–Crippen MR) is 58.4 cm³/mol. The number of carboxylic acid groups (broad SMARTS) is 1. The Morgan fingerprint density at radius 2 is 2.40 bits per heavy atom. The molecule has 0 aromatic rings. The van der Waals surface area contributed by atoms with Gasteiger partial charge >= 0.3 is 5.97 Å². The molecule has 2 atom stereocenters. The SMILES string of the molecule is C=CO[C@@H]1/C=C/CC[C@](C)(C(=O)O)CC1. The van der Waals surface area contributed by atoms with Crippen molar-refractivity contribution in [3.05, 3.63) is 25.0 Å². The molecule has 15 heavy (non-hydrogen) atoms. The molecule has 0 spiro atoms. The summed E-state index contributed by atoms with van der Waals surface area (Å²) in [6.07, 6.45) is 8.23. The average Bonchev–Trinajstić information content (AvgIpc) is 2.17. The molecule has 0 heterocycles. The second kappa shape index (κ2) is 5.01. The zero-order chi connectivity index (χ0) is 11.3. The van der Waals surface area contributed by atoms with Gasteiger partial charge in [0.1, 0.15) is 6.10 Å². The van der Waals surface area contributed by atoms with Crippen molar-refractivity contribution in [3.8, 4) is 0 Å². The summed E-state index contributed by atoms with van der Waals surface area (Å²) in [6.45, 7) is 5.31. The van der Waals surface area contributed by atoms with E-state index in [1.807, 2.05) is 12.2 Å². The Morgan fingerprint density at radius 3 is 3.00 bits per heavy atom. The minimum atomic E-state index is -0.713. The summed E-state index contributed by atoms with van der Waals surface area (Å²) >= 11 is 0. The fourth-order valence-electron chi connectivity index (χ4n) is 1.78. The van der Waals surface area contributed by atoms with E-state index in [0.717, 1.165) is 12.8 Å². The van der Waals surface area contributed by atoms with Crippen molar-refractivity contribution in [1.82, 2.24) is 0 Å². The van der Waals surface area contributed by atoms with Crippen LogP contribution in [0.4, 0.5) is 0 Å². The molecule has 1 N–H and O–H groups in total. The Kier molecular flexibility index (Phi) is 3.95. The lowest BCUT2D eigenvalue weighted by Gasteiger charge is -2.27. The lowest BCUT2D eigenvalue weighted by molar-refractivity contribution is -0.149. The summed E-state index contributed by atoms with van der Waals surface area (Å²) in [5.41, 5.74) is -0.618. The number of rotatable bonds is 3. The third-order valence-corrected chi connectivity index (χ3v) is 2.98. The largest absolute Gasteiger partial charge is 0.495 e. The van der Waals surface area contributed by atoms with Crippen molar-refractivity contribution in [2.75, 3.05) is 0 Å². The van der Waals surface area contributed by atoms with Crippen LogP contribution in [0, 0.1) is 5.41 Å². The minimum Gasteiger partial charge on any atom is -0.495 e. The molecule has 1 aliphatic rings. The first-order valence-corrected chi connectivity index (χ1v) is 5.25. The van der Waals surface area contributed by atoms with Gasteiger partial charge in [0.15, 0.2) is 0 Å². The Bertz CT molecular complexity index is 270. The zero-order valence-electron chi connectivity index (χ0n) is 9.11. The van der Waals surface area contributed by atoms with Crippen LogP contribution in [-0.4, -0.2) is 17.2 Å². The van der Waals surface area contributed by atoms with E-state index in [-0.39, 0.29) is 6.10 Å². The second-order valence-electron chi connectivity index (χ2n) is 4.21. The lowest BCUT2D eigenvalue weighted by atomic mass is 9.79. The fraction of sp³-hybridized carbons (Fsp3) is 0.583. The average molecular weight is 210 g/mol. The molecule has 3 nitrogen and oxygen atoms in total. The molecule has 0 bridgehead atoms. The van der Waals surface area contributed by atoms with Crippen molar-refractivity contribution in [2.45, 2.75) is 38.7 Å². The van der Waals surface area contributed by atoms with E-state index in [1.54, 1.807) is 6.92 Å². The highest BCUT2D eigenvalue weighted by Crippen LogP contribution is 2.32. The van der Waals surface area contributed by atoms with Crippen LogP contribution in [0.25, 0.3) is 0 Å². The first-order chi connectivity index (χ1) is 7.08. The van der Waals surface area contributed by atoms with Crippen molar-refractivity contribution < 1.29 is 14.6 Å². The number of allylic oxidation sites excluding steroid dienone is 1. The predicted octanol–water partition coefficient (Wildman–Crippen LogP) is 2.74. The summed E-state index contributed by atoms with van der Waals surface area (Å²) < 4.78 is 5.28. The Hall–Kier alpha value is -1.25. The smallest absolute Gasteiger partial charge is 0.309 e. The molecule has 0 amide bonds. The van der Waals surface area contributed by atoms with Crippen LogP contribution < -0.4 is 0 Å². The zero-order valence-corrected chi connectivity index (χ0v) is 9.11. The molecular weight excluding hydrogens is 192 g/mol. The molecule has 0 aromatic heterocycles. The van der Waals surface area contributed by atoms with Gasteiger partial charge in [0.25, 0.3) is 0 Å². The molecule has 0 aliphatic heterocycles. The third kappa shape index (κ3) is 3.11. The van der Waals surface area contributed by atoms with Crippen LogP contribution in [0.3, 0.4) is 0 Å². The van der Waals surface area contributed by atoms with Crippen molar-refractivity contribution >= 4 is 5.97 Å².